The summed E-state index contributed by atoms with van der Waals surface area (Å²) in [6.45, 7) is 0.758. The second-order valence-electron chi connectivity index (χ2n) is 3.26. The summed E-state index contributed by atoms with van der Waals surface area (Å²) < 4.78 is 0. The van der Waals surface area contributed by atoms with Gasteiger partial charge in [-0.3, -0.25) is 0 Å². The zero-order valence-electron chi connectivity index (χ0n) is 7.63. The first-order valence-corrected chi connectivity index (χ1v) is 4.54. The predicted octanol–water partition coefficient (Wildman–Crippen LogP) is 0.530. The van der Waals surface area contributed by atoms with Crippen molar-refractivity contribution >= 4 is 11.8 Å². The summed E-state index contributed by atoms with van der Waals surface area (Å²) in [5, 5.41) is 8.96. The molecule has 1 saturated heterocycles. The van der Waals surface area contributed by atoms with Crippen LogP contribution in [0.3, 0.4) is 0 Å². The van der Waals surface area contributed by atoms with E-state index >= 15 is 0 Å². The highest BCUT2D eigenvalue weighted by atomic mass is 16.4. The summed E-state index contributed by atoms with van der Waals surface area (Å²) in [7, 11) is 0. The third-order valence-corrected chi connectivity index (χ3v) is 2.40. The molecule has 1 aromatic heterocycles. The lowest BCUT2D eigenvalue weighted by atomic mass is 10.2. The summed E-state index contributed by atoms with van der Waals surface area (Å²) in [5.41, 5.74) is 0. The van der Waals surface area contributed by atoms with Gasteiger partial charge < -0.3 is 10.0 Å². The van der Waals surface area contributed by atoms with Gasteiger partial charge in [-0.15, -0.1) is 0 Å². The van der Waals surface area contributed by atoms with Crippen LogP contribution in [0, 0.1) is 0 Å². The number of carbonyl (C=O) groups is 1. The Kier molecular flexibility index (Phi) is 2.30. The lowest BCUT2D eigenvalue weighted by Gasteiger charge is -2.21. The van der Waals surface area contributed by atoms with E-state index in [1.165, 1.54) is 6.33 Å². The zero-order chi connectivity index (χ0) is 9.97. The normalized spacial score (nSPS) is 21.1. The monoisotopic (exact) mass is 193 g/mol. The summed E-state index contributed by atoms with van der Waals surface area (Å²) in [4.78, 5) is 20.6. The number of hydrogen-bond donors (Lipinski definition) is 1. The maximum atomic E-state index is 10.9. The fourth-order valence-corrected chi connectivity index (χ4v) is 1.75. The van der Waals surface area contributed by atoms with Crippen LogP contribution in [0.5, 0.6) is 0 Å². The molecule has 0 radical (unpaired) electrons. The molecule has 14 heavy (non-hydrogen) atoms. The minimum atomic E-state index is -0.777. The summed E-state index contributed by atoms with van der Waals surface area (Å²) in [5.74, 6) is -0.0778. The number of anilines is 1. The van der Waals surface area contributed by atoms with E-state index in [0.717, 1.165) is 13.0 Å². The molecule has 0 aromatic carbocycles. The van der Waals surface area contributed by atoms with Crippen molar-refractivity contribution < 1.29 is 9.90 Å². The number of hydrogen-bond acceptors (Lipinski definition) is 4. The van der Waals surface area contributed by atoms with Gasteiger partial charge in [-0.25, -0.2) is 14.8 Å². The molecule has 0 aliphatic carbocycles. The molecule has 0 bridgehead atoms. The molecule has 74 valence electrons. The van der Waals surface area contributed by atoms with Crippen LogP contribution in [-0.2, 0) is 4.79 Å². The fraction of sp³-hybridized carbons (Fsp3) is 0.444. The number of nitrogens with zero attached hydrogens (tertiary/aromatic N) is 3. The van der Waals surface area contributed by atoms with Crippen LogP contribution in [0.15, 0.2) is 18.6 Å². The van der Waals surface area contributed by atoms with Crippen LogP contribution >= 0.6 is 0 Å². The molecule has 0 saturated carbocycles. The lowest BCUT2D eigenvalue weighted by molar-refractivity contribution is -0.138. The van der Waals surface area contributed by atoms with Crippen molar-refractivity contribution in [1.29, 1.82) is 0 Å². The maximum absolute atomic E-state index is 10.9. The Balaban J connectivity index is 2.22. The van der Waals surface area contributed by atoms with Crippen molar-refractivity contribution in [2.75, 3.05) is 11.4 Å². The minimum absolute atomic E-state index is 0.426. The van der Waals surface area contributed by atoms with E-state index in [-0.39, 0.29) is 0 Å². The first kappa shape index (κ1) is 8.93. The Labute approximate surface area is 81.4 Å². The molecule has 1 aliphatic rings. The number of aromatic nitrogens is 2. The van der Waals surface area contributed by atoms with E-state index in [0.29, 0.717) is 12.2 Å². The molecule has 1 N–H and O–H groups in total. The van der Waals surface area contributed by atoms with Crippen LogP contribution in [0.1, 0.15) is 12.8 Å². The second kappa shape index (κ2) is 3.61. The Morgan fingerprint density at radius 3 is 3.14 bits per heavy atom. The molecule has 1 fully saturated rings. The molecule has 1 atom stereocenters. The molecular formula is C9H11N3O2. The SMILES string of the molecule is O=C(O)[C@@H]1CCCN1c1ccncn1. The van der Waals surface area contributed by atoms with Gasteiger partial charge in [-0.1, -0.05) is 0 Å². The van der Waals surface area contributed by atoms with Crippen molar-refractivity contribution in [3.8, 4) is 0 Å². The van der Waals surface area contributed by atoms with Crippen molar-refractivity contribution in [2.45, 2.75) is 18.9 Å². The Bertz CT molecular complexity index is 328. The standard InChI is InChI=1S/C9H11N3O2/c13-9(14)7-2-1-5-12(7)8-3-4-10-6-11-8/h3-4,6-7H,1-2,5H2,(H,13,14)/t7-/m0/s1. The number of aliphatic carboxylic acids is 1. The highest BCUT2D eigenvalue weighted by molar-refractivity contribution is 5.78. The van der Waals surface area contributed by atoms with Crippen LogP contribution in [-0.4, -0.2) is 33.6 Å². The smallest absolute Gasteiger partial charge is 0.326 e. The maximum Gasteiger partial charge on any atom is 0.326 e. The van der Waals surface area contributed by atoms with Gasteiger partial charge in [0.2, 0.25) is 0 Å². The highest BCUT2D eigenvalue weighted by Crippen LogP contribution is 2.22. The molecule has 0 unspecified atom stereocenters. The average molecular weight is 193 g/mol. The van der Waals surface area contributed by atoms with E-state index in [9.17, 15) is 4.79 Å². The van der Waals surface area contributed by atoms with Crippen LogP contribution < -0.4 is 4.90 Å². The van der Waals surface area contributed by atoms with Gasteiger partial charge in [0, 0.05) is 12.7 Å². The van der Waals surface area contributed by atoms with Gasteiger partial charge in [0.05, 0.1) is 0 Å². The van der Waals surface area contributed by atoms with Crippen LogP contribution in [0.25, 0.3) is 0 Å². The zero-order valence-corrected chi connectivity index (χ0v) is 7.63. The van der Waals surface area contributed by atoms with Gasteiger partial charge >= 0.3 is 5.97 Å². The number of carboxylic acid groups (broad SMARTS) is 1. The third kappa shape index (κ3) is 1.53. The van der Waals surface area contributed by atoms with Crippen LogP contribution in [0.4, 0.5) is 5.82 Å². The van der Waals surface area contributed by atoms with E-state index in [1.807, 2.05) is 4.90 Å². The second-order valence-corrected chi connectivity index (χ2v) is 3.26. The first-order chi connectivity index (χ1) is 6.79. The number of carboxylic acids is 1. The van der Waals surface area contributed by atoms with Gasteiger partial charge in [-0.2, -0.15) is 0 Å². The highest BCUT2D eigenvalue weighted by Gasteiger charge is 2.31. The summed E-state index contributed by atoms with van der Waals surface area (Å²) in [6.07, 6.45) is 4.66. The van der Waals surface area contributed by atoms with Crippen molar-refractivity contribution in [1.82, 2.24) is 9.97 Å². The lowest BCUT2D eigenvalue weighted by Crippen LogP contribution is -2.36. The Morgan fingerprint density at radius 1 is 1.64 bits per heavy atom. The molecule has 5 nitrogen and oxygen atoms in total. The van der Waals surface area contributed by atoms with Crippen molar-refractivity contribution in [3.63, 3.8) is 0 Å². The Hall–Kier alpha value is -1.65. The molecule has 5 heteroatoms. The van der Waals surface area contributed by atoms with Crippen LogP contribution in [0.2, 0.25) is 0 Å². The molecular weight excluding hydrogens is 182 g/mol. The molecule has 0 spiro atoms. The van der Waals surface area contributed by atoms with E-state index < -0.39 is 12.0 Å². The van der Waals surface area contributed by atoms with E-state index in [1.54, 1.807) is 12.3 Å². The molecule has 1 aliphatic heterocycles. The summed E-state index contributed by atoms with van der Waals surface area (Å²) in [6, 6.07) is 1.31. The topological polar surface area (TPSA) is 66.3 Å². The van der Waals surface area contributed by atoms with Gasteiger partial charge in [-0.05, 0) is 18.9 Å². The molecule has 1 aromatic rings. The van der Waals surface area contributed by atoms with Gasteiger partial charge in [0.25, 0.3) is 0 Å². The van der Waals surface area contributed by atoms with Crippen molar-refractivity contribution in [2.24, 2.45) is 0 Å². The predicted molar refractivity (Wildman–Crippen MR) is 50.0 cm³/mol. The van der Waals surface area contributed by atoms with Gasteiger partial charge in [0.1, 0.15) is 18.2 Å². The Morgan fingerprint density at radius 2 is 2.50 bits per heavy atom. The number of rotatable bonds is 2. The average Bonchev–Trinajstić information content (AvgIpc) is 2.67. The fourth-order valence-electron chi connectivity index (χ4n) is 1.75. The van der Waals surface area contributed by atoms with Crippen molar-refractivity contribution in [3.05, 3.63) is 18.6 Å². The first-order valence-electron chi connectivity index (χ1n) is 4.54. The molecule has 2 heterocycles. The molecule has 2 rings (SSSR count). The third-order valence-electron chi connectivity index (χ3n) is 2.40. The largest absolute Gasteiger partial charge is 0.480 e. The molecule has 0 amide bonds. The van der Waals surface area contributed by atoms with E-state index in [4.69, 9.17) is 5.11 Å². The van der Waals surface area contributed by atoms with E-state index in [2.05, 4.69) is 9.97 Å². The quantitative estimate of drug-likeness (QED) is 0.742. The minimum Gasteiger partial charge on any atom is -0.480 e. The van der Waals surface area contributed by atoms with Gasteiger partial charge in [0.15, 0.2) is 0 Å². The summed E-state index contributed by atoms with van der Waals surface area (Å²) >= 11 is 0.